The van der Waals surface area contributed by atoms with Gasteiger partial charge in [0.2, 0.25) is 0 Å². The minimum absolute atomic E-state index is 0.0688. The minimum Gasteiger partial charge on any atom is -0.315 e. The van der Waals surface area contributed by atoms with Gasteiger partial charge in [-0.2, -0.15) is 8.78 Å². The fraction of sp³-hybridized carbons (Fsp3) is 0.588. The fourth-order valence-corrected chi connectivity index (χ4v) is 6.60. The molecule has 0 N–H and O–H groups in total. The van der Waals surface area contributed by atoms with Crippen molar-refractivity contribution in [1.82, 2.24) is 0 Å². The summed E-state index contributed by atoms with van der Waals surface area (Å²) in [5.41, 5.74) is 4.06. The van der Waals surface area contributed by atoms with Crippen LogP contribution in [-0.4, -0.2) is 6.11 Å². The second kappa shape index (κ2) is 13.7. The molecule has 0 heterocycles. The summed E-state index contributed by atoms with van der Waals surface area (Å²) in [6, 6.07) is 16.0. The summed E-state index contributed by atoms with van der Waals surface area (Å²) in [6.07, 6.45) is 13.4. The van der Waals surface area contributed by atoms with Crippen molar-refractivity contribution in [2.24, 2.45) is 11.8 Å². The molecule has 0 radical (unpaired) electrons. The van der Waals surface area contributed by atoms with E-state index in [0.29, 0.717) is 17.4 Å². The standard InChI is InChI=1S/C34H46F2O/c1-3-5-7-27-10-18-31(19-11-27)33-22-14-29(15-23-33)25-37-34(35,36)24-28-12-20-32(21-13-28)30-16-8-26(6-4-2)9-17-30/h3,12-15,20-23,26-27,30-31H,1,4-11,16-19,24-25H2,2H3. The van der Waals surface area contributed by atoms with Crippen molar-refractivity contribution in [3.8, 4) is 0 Å². The number of hydrogen-bond acceptors (Lipinski definition) is 1. The summed E-state index contributed by atoms with van der Waals surface area (Å²) >= 11 is 0. The van der Waals surface area contributed by atoms with E-state index >= 15 is 0 Å². The first-order chi connectivity index (χ1) is 18.0. The molecule has 2 aromatic rings. The number of allylic oxidation sites excluding steroid dienone is 1. The molecule has 4 rings (SSSR count). The van der Waals surface area contributed by atoms with Gasteiger partial charge in [0.05, 0.1) is 13.0 Å². The third kappa shape index (κ3) is 8.50. The molecule has 0 aromatic heterocycles. The highest BCUT2D eigenvalue weighted by Crippen LogP contribution is 2.39. The van der Waals surface area contributed by atoms with Gasteiger partial charge in [0.15, 0.2) is 0 Å². The molecular formula is C34H46F2O. The van der Waals surface area contributed by atoms with Crippen LogP contribution in [-0.2, 0) is 17.8 Å². The number of hydrogen-bond donors (Lipinski definition) is 0. The number of benzene rings is 2. The van der Waals surface area contributed by atoms with E-state index < -0.39 is 6.11 Å². The Kier molecular flexibility index (Phi) is 10.4. The second-order valence-corrected chi connectivity index (χ2v) is 11.7. The molecule has 0 saturated heterocycles. The van der Waals surface area contributed by atoms with Crippen molar-refractivity contribution in [3.63, 3.8) is 0 Å². The van der Waals surface area contributed by atoms with Crippen LogP contribution in [0.1, 0.15) is 118 Å². The first-order valence-electron chi connectivity index (χ1n) is 14.8. The van der Waals surface area contributed by atoms with Crippen LogP contribution in [0.15, 0.2) is 61.2 Å². The lowest BCUT2D eigenvalue weighted by Crippen LogP contribution is -2.23. The topological polar surface area (TPSA) is 9.23 Å². The van der Waals surface area contributed by atoms with E-state index in [0.717, 1.165) is 23.8 Å². The Morgan fingerprint density at radius 2 is 1.24 bits per heavy atom. The Morgan fingerprint density at radius 3 is 1.73 bits per heavy atom. The average Bonchev–Trinajstić information content (AvgIpc) is 2.92. The van der Waals surface area contributed by atoms with E-state index in [1.165, 1.54) is 81.8 Å². The summed E-state index contributed by atoms with van der Waals surface area (Å²) in [5, 5.41) is 0. The second-order valence-electron chi connectivity index (χ2n) is 11.7. The lowest BCUT2D eigenvalue weighted by Gasteiger charge is -2.29. The number of alkyl halides is 2. The molecule has 0 aliphatic heterocycles. The predicted octanol–water partition coefficient (Wildman–Crippen LogP) is 10.4. The largest absolute Gasteiger partial charge is 0.360 e. The Balaban J connectivity index is 1.21. The van der Waals surface area contributed by atoms with Gasteiger partial charge >= 0.3 is 6.11 Å². The Morgan fingerprint density at radius 1 is 0.757 bits per heavy atom. The maximum Gasteiger partial charge on any atom is 0.360 e. The lowest BCUT2D eigenvalue weighted by molar-refractivity contribution is -0.244. The van der Waals surface area contributed by atoms with E-state index in [1.54, 1.807) is 0 Å². The van der Waals surface area contributed by atoms with Crippen LogP contribution >= 0.6 is 0 Å². The van der Waals surface area contributed by atoms with Crippen molar-refractivity contribution >= 4 is 0 Å². The molecule has 202 valence electrons. The summed E-state index contributed by atoms with van der Waals surface area (Å²) in [5.74, 6) is 2.87. The van der Waals surface area contributed by atoms with Crippen LogP contribution in [0.4, 0.5) is 8.78 Å². The average molecular weight is 509 g/mol. The quantitative estimate of drug-likeness (QED) is 0.259. The number of rotatable bonds is 12. The molecule has 2 aliphatic carbocycles. The third-order valence-electron chi connectivity index (χ3n) is 8.93. The zero-order valence-corrected chi connectivity index (χ0v) is 22.8. The van der Waals surface area contributed by atoms with E-state index in [-0.39, 0.29) is 13.0 Å². The molecule has 0 amide bonds. The highest BCUT2D eigenvalue weighted by Gasteiger charge is 2.31. The molecule has 0 bridgehead atoms. The zero-order valence-electron chi connectivity index (χ0n) is 22.8. The molecule has 0 unspecified atom stereocenters. The Hall–Kier alpha value is -2.00. The molecule has 1 nitrogen and oxygen atoms in total. The molecule has 2 aliphatic rings. The van der Waals surface area contributed by atoms with E-state index in [2.05, 4.69) is 37.8 Å². The van der Waals surface area contributed by atoms with Crippen LogP contribution in [0.2, 0.25) is 0 Å². The molecule has 2 saturated carbocycles. The van der Waals surface area contributed by atoms with Gasteiger partial charge in [-0.1, -0.05) is 74.4 Å². The lowest BCUT2D eigenvalue weighted by atomic mass is 9.77. The Bertz CT molecular complexity index is 933. The van der Waals surface area contributed by atoms with Crippen LogP contribution in [0.25, 0.3) is 0 Å². The SMILES string of the molecule is C=CCCC1CCC(c2ccc(COC(F)(F)Cc3ccc(C4CCC(CCC)CC4)cc3)cc2)CC1. The third-order valence-corrected chi connectivity index (χ3v) is 8.93. The highest BCUT2D eigenvalue weighted by molar-refractivity contribution is 5.27. The Labute approximate surface area is 223 Å². The van der Waals surface area contributed by atoms with Gasteiger partial charge in [-0.15, -0.1) is 6.58 Å². The van der Waals surface area contributed by atoms with Crippen molar-refractivity contribution in [2.75, 3.05) is 0 Å². The summed E-state index contributed by atoms with van der Waals surface area (Å²) < 4.78 is 34.4. The van der Waals surface area contributed by atoms with Gasteiger partial charge in [-0.05, 0) is 110 Å². The van der Waals surface area contributed by atoms with Crippen molar-refractivity contribution in [3.05, 3.63) is 83.4 Å². The molecule has 37 heavy (non-hydrogen) atoms. The first-order valence-corrected chi connectivity index (χ1v) is 14.8. The van der Waals surface area contributed by atoms with Crippen LogP contribution in [0, 0.1) is 11.8 Å². The summed E-state index contributed by atoms with van der Waals surface area (Å²) in [6.45, 7) is 6.03. The highest BCUT2D eigenvalue weighted by atomic mass is 19.3. The fourth-order valence-electron chi connectivity index (χ4n) is 6.60. The van der Waals surface area contributed by atoms with Gasteiger partial charge in [0.1, 0.15) is 0 Å². The maximum absolute atomic E-state index is 14.6. The van der Waals surface area contributed by atoms with Crippen LogP contribution < -0.4 is 0 Å². The first kappa shape index (κ1) is 28.0. The summed E-state index contributed by atoms with van der Waals surface area (Å²) in [7, 11) is 0. The molecule has 2 fully saturated rings. The van der Waals surface area contributed by atoms with E-state index in [9.17, 15) is 8.78 Å². The van der Waals surface area contributed by atoms with Crippen molar-refractivity contribution in [1.29, 1.82) is 0 Å². The van der Waals surface area contributed by atoms with Gasteiger partial charge < -0.3 is 4.74 Å². The van der Waals surface area contributed by atoms with Gasteiger partial charge in [0.25, 0.3) is 0 Å². The monoisotopic (exact) mass is 508 g/mol. The minimum atomic E-state index is -3.18. The predicted molar refractivity (Wildman–Crippen MR) is 150 cm³/mol. The number of halogens is 2. The normalized spacial score (nSPS) is 24.6. The molecule has 2 aromatic carbocycles. The van der Waals surface area contributed by atoms with E-state index in [1.807, 2.05) is 30.3 Å². The van der Waals surface area contributed by atoms with Crippen LogP contribution in [0.3, 0.4) is 0 Å². The molecule has 3 heteroatoms. The van der Waals surface area contributed by atoms with Gasteiger partial charge in [0, 0.05) is 0 Å². The smallest absolute Gasteiger partial charge is 0.315 e. The van der Waals surface area contributed by atoms with Gasteiger partial charge in [-0.25, -0.2) is 0 Å². The van der Waals surface area contributed by atoms with E-state index in [4.69, 9.17) is 4.74 Å². The van der Waals surface area contributed by atoms with Crippen LogP contribution in [0.5, 0.6) is 0 Å². The number of ether oxygens (including phenoxy) is 1. The summed E-state index contributed by atoms with van der Waals surface area (Å²) in [4.78, 5) is 0. The zero-order chi connectivity index (χ0) is 26.1. The van der Waals surface area contributed by atoms with Crippen molar-refractivity contribution in [2.45, 2.75) is 115 Å². The molecule has 0 spiro atoms. The molecule has 0 atom stereocenters. The maximum atomic E-state index is 14.6. The van der Waals surface area contributed by atoms with Crippen molar-refractivity contribution < 1.29 is 13.5 Å². The van der Waals surface area contributed by atoms with Gasteiger partial charge in [-0.3, -0.25) is 0 Å². The molecular weight excluding hydrogens is 462 g/mol.